The van der Waals surface area contributed by atoms with Crippen LogP contribution in [-0.2, 0) is 0 Å². The first-order valence-electron chi connectivity index (χ1n) is 10.9. The molecule has 4 rings (SSSR count). The summed E-state index contributed by atoms with van der Waals surface area (Å²) in [5.41, 5.74) is 7.97. The highest BCUT2D eigenvalue weighted by Gasteiger charge is 2.40. The topological polar surface area (TPSA) is 127 Å². The van der Waals surface area contributed by atoms with Crippen molar-refractivity contribution < 1.29 is 0 Å². The van der Waals surface area contributed by atoms with E-state index >= 15 is 0 Å². The maximum atomic E-state index is 8.96. The molecule has 162 valence electrons. The first-order valence-corrected chi connectivity index (χ1v) is 10.9. The standard InChI is InChI=1S/C23H30N8/c1-14(15(2)25)22(26)29-21-13-20-19(5-3-9-27-20)23(30-21)28-16-11-17-6-7-18(12-16)31(17)10-4-8-24/h3,5,9,13,16-18H,4,6-7,10-12,25H2,1-2H3,(H3,26,28,29,30)/b15-14-/t16-,17-,18+. The average molecular weight is 419 g/mol. The predicted octanol–water partition coefficient (Wildman–Crippen LogP) is 3.59. The van der Waals surface area contributed by atoms with E-state index in [1.54, 1.807) is 13.1 Å². The quantitative estimate of drug-likeness (QED) is 0.417. The number of nitrogens with one attached hydrogen (secondary N) is 3. The second kappa shape index (κ2) is 8.90. The third kappa shape index (κ3) is 4.47. The monoisotopic (exact) mass is 418 g/mol. The highest BCUT2D eigenvalue weighted by atomic mass is 15.2. The number of amidine groups is 1. The predicted molar refractivity (Wildman–Crippen MR) is 124 cm³/mol. The Morgan fingerprint density at radius 1 is 1.32 bits per heavy atom. The van der Waals surface area contributed by atoms with E-state index in [-0.39, 0.29) is 5.84 Å². The average Bonchev–Trinajstić information content (AvgIpc) is 2.99. The Bertz CT molecular complexity index is 1040. The Morgan fingerprint density at radius 3 is 2.74 bits per heavy atom. The van der Waals surface area contributed by atoms with Crippen LogP contribution in [0, 0.1) is 16.7 Å². The summed E-state index contributed by atoms with van der Waals surface area (Å²) in [5.74, 6) is 1.60. The van der Waals surface area contributed by atoms with Crippen molar-refractivity contribution in [2.24, 2.45) is 5.73 Å². The third-order valence-electron chi connectivity index (χ3n) is 6.53. The smallest absolute Gasteiger partial charge is 0.138 e. The molecule has 5 N–H and O–H groups in total. The molecule has 0 aromatic carbocycles. The van der Waals surface area contributed by atoms with Gasteiger partial charge in [0.1, 0.15) is 17.5 Å². The third-order valence-corrected chi connectivity index (χ3v) is 6.53. The zero-order valence-electron chi connectivity index (χ0n) is 18.2. The SMILES string of the molecule is C/C(N)=C(\C)C(=N)Nc1cc2ncccc2c(N[C@@H]2C[C@H]3CC[C@@H](C2)N3CCC#N)n1. The Hall–Kier alpha value is -3.18. The highest BCUT2D eigenvalue weighted by Crippen LogP contribution is 2.37. The Kier molecular flexibility index (Phi) is 6.05. The van der Waals surface area contributed by atoms with E-state index < -0.39 is 0 Å². The van der Waals surface area contributed by atoms with Crippen LogP contribution in [0.4, 0.5) is 11.6 Å². The summed E-state index contributed by atoms with van der Waals surface area (Å²) in [4.78, 5) is 11.8. The number of nitriles is 1. The summed E-state index contributed by atoms with van der Waals surface area (Å²) in [7, 11) is 0. The molecule has 8 nitrogen and oxygen atoms in total. The lowest BCUT2D eigenvalue weighted by Crippen LogP contribution is -2.47. The van der Waals surface area contributed by atoms with Crippen LogP contribution < -0.4 is 16.4 Å². The first-order chi connectivity index (χ1) is 15.0. The molecule has 0 unspecified atom stereocenters. The summed E-state index contributed by atoms with van der Waals surface area (Å²) in [6, 6.07) is 9.48. The van der Waals surface area contributed by atoms with Crippen LogP contribution in [0.3, 0.4) is 0 Å². The minimum atomic E-state index is 0.234. The van der Waals surface area contributed by atoms with E-state index in [2.05, 4.69) is 26.6 Å². The normalized spacial score (nSPS) is 23.8. The zero-order valence-corrected chi connectivity index (χ0v) is 18.2. The van der Waals surface area contributed by atoms with Crippen molar-refractivity contribution >= 4 is 28.4 Å². The fourth-order valence-electron chi connectivity index (χ4n) is 4.80. The van der Waals surface area contributed by atoms with Gasteiger partial charge in [0.25, 0.3) is 0 Å². The molecule has 2 fully saturated rings. The second-order valence-corrected chi connectivity index (χ2v) is 8.58. The second-order valence-electron chi connectivity index (χ2n) is 8.58. The number of anilines is 2. The van der Waals surface area contributed by atoms with E-state index in [0.29, 0.717) is 41.6 Å². The van der Waals surface area contributed by atoms with Gasteiger partial charge in [-0.05, 0) is 51.7 Å². The van der Waals surface area contributed by atoms with Crippen LogP contribution in [-0.4, -0.2) is 45.4 Å². The molecule has 2 saturated heterocycles. The summed E-state index contributed by atoms with van der Waals surface area (Å²) in [5, 5.41) is 24.9. The van der Waals surface area contributed by atoms with Crippen molar-refractivity contribution in [1.82, 2.24) is 14.9 Å². The molecule has 0 aliphatic carbocycles. The van der Waals surface area contributed by atoms with Gasteiger partial charge in [-0.25, -0.2) is 4.98 Å². The molecule has 2 aliphatic rings. The van der Waals surface area contributed by atoms with Gasteiger partial charge in [-0.2, -0.15) is 5.26 Å². The zero-order chi connectivity index (χ0) is 22.0. The molecule has 31 heavy (non-hydrogen) atoms. The van der Waals surface area contributed by atoms with Crippen molar-refractivity contribution in [2.75, 3.05) is 17.2 Å². The van der Waals surface area contributed by atoms with Crippen LogP contribution >= 0.6 is 0 Å². The molecule has 0 saturated carbocycles. The molecule has 2 aromatic heterocycles. The van der Waals surface area contributed by atoms with Gasteiger partial charge in [-0.1, -0.05) is 0 Å². The summed E-state index contributed by atoms with van der Waals surface area (Å²) in [6.07, 6.45) is 6.86. The number of hydrogen-bond donors (Lipinski definition) is 4. The molecule has 0 amide bonds. The fraction of sp³-hybridized carbons (Fsp3) is 0.478. The van der Waals surface area contributed by atoms with Crippen molar-refractivity contribution in [2.45, 2.75) is 64.1 Å². The summed E-state index contributed by atoms with van der Waals surface area (Å²) < 4.78 is 0. The van der Waals surface area contributed by atoms with Gasteiger partial charge >= 0.3 is 0 Å². The molecule has 2 bridgehead atoms. The molecule has 3 atom stereocenters. The molecule has 2 aromatic rings. The maximum absolute atomic E-state index is 8.96. The van der Waals surface area contributed by atoms with Crippen molar-refractivity contribution in [3.8, 4) is 6.07 Å². The van der Waals surface area contributed by atoms with Gasteiger partial charge < -0.3 is 16.4 Å². The molecule has 4 heterocycles. The number of pyridine rings is 2. The molecule has 8 heteroatoms. The first kappa shape index (κ1) is 21.1. The lowest BCUT2D eigenvalue weighted by Gasteiger charge is -2.39. The van der Waals surface area contributed by atoms with Crippen LogP contribution in [0.2, 0.25) is 0 Å². The highest BCUT2D eigenvalue weighted by molar-refractivity contribution is 6.06. The summed E-state index contributed by atoms with van der Waals surface area (Å²) >= 11 is 0. The number of aromatic nitrogens is 2. The number of allylic oxidation sites excluding steroid dienone is 1. The molecule has 0 spiro atoms. The number of nitrogens with zero attached hydrogens (tertiary/aromatic N) is 4. The van der Waals surface area contributed by atoms with Gasteiger partial charge in [0.15, 0.2) is 0 Å². The fourth-order valence-corrected chi connectivity index (χ4v) is 4.80. The van der Waals surface area contributed by atoms with Gasteiger partial charge in [-0.3, -0.25) is 15.3 Å². The Morgan fingerprint density at radius 2 is 2.06 bits per heavy atom. The largest absolute Gasteiger partial charge is 0.402 e. The van der Waals surface area contributed by atoms with E-state index in [4.69, 9.17) is 21.4 Å². The Labute approximate surface area is 183 Å². The van der Waals surface area contributed by atoms with Gasteiger partial charge in [0, 0.05) is 60.0 Å². The molecule has 0 radical (unpaired) electrons. The number of nitrogens with two attached hydrogens (primary N) is 1. The minimum Gasteiger partial charge on any atom is -0.402 e. The van der Waals surface area contributed by atoms with Crippen LogP contribution in [0.25, 0.3) is 10.9 Å². The van der Waals surface area contributed by atoms with Gasteiger partial charge in [0.2, 0.25) is 0 Å². The van der Waals surface area contributed by atoms with E-state index in [9.17, 15) is 0 Å². The number of hydrogen-bond acceptors (Lipinski definition) is 7. The number of rotatable bonds is 6. The van der Waals surface area contributed by atoms with E-state index in [1.807, 2.05) is 25.1 Å². The summed E-state index contributed by atoms with van der Waals surface area (Å²) in [6.45, 7) is 4.47. The Balaban J connectivity index is 1.56. The van der Waals surface area contributed by atoms with Crippen LogP contribution in [0.5, 0.6) is 0 Å². The molecular weight excluding hydrogens is 388 g/mol. The van der Waals surface area contributed by atoms with Gasteiger partial charge in [0.05, 0.1) is 11.6 Å². The van der Waals surface area contributed by atoms with Crippen molar-refractivity contribution in [3.63, 3.8) is 0 Å². The number of piperidine rings is 1. The van der Waals surface area contributed by atoms with Gasteiger partial charge in [-0.15, -0.1) is 0 Å². The maximum Gasteiger partial charge on any atom is 0.138 e. The number of fused-ring (bicyclic) bond motifs is 3. The minimum absolute atomic E-state index is 0.234. The lowest BCUT2D eigenvalue weighted by atomic mass is 9.97. The van der Waals surface area contributed by atoms with Crippen LogP contribution in [0.15, 0.2) is 35.7 Å². The van der Waals surface area contributed by atoms with Crippen molar-refractivity contribution in [3.05, 3.63) is 35.7 Å². The molecule has 2 aliphatic heterocycles. The van der Waals surface area contributed by atoms with Crippen LogP contribution in [0.1, 0.15) is 46.0 Å². The lowest BCUT2D eigenvalue weighted by molar-refractivity contribution is 0.136. The van der Waals surface area contributed by atoms with E-state index in [1.165, 1.54) is 12.8 Å². The van der Waals surface area contributed by atoms with Crippen molar-refractivity contribution in [1.29, 1.82) is 10.7 Å². The molecular formula is C23H30N8. The van der Waals surface area contributed by atoms with E-state index in [0.717, 1.165) is 36.1 Å².